The van der Waals surface area contributed by atoms with Gasteiger partial charge in [0.1, 0.15) is 23.9 Å². The molecule has 1 amide bonds. The van der Waals surface area contributed by atoms with Crippen LogP contribution in [0.2, 0.25) is 0 Å². The Labute approximate surface area is 153 Å². The number of aromatic nitrogens is 3. The Morgan fingerprint density at radius 2 is 1.96 bits per heavy atom. The van der Waals surface area contributed by atoms with Crippen LogP contribution in [0.1, 0.15) is 36.2 Å². The van der Waals surface area contributed by atoms with Crippen molar-refractivity contribution in [1.29, 1.82) is 0 Å². The quantitative estimate of drug-likeness (QED) is 0.839. The molecule has 2 aliphatic rings. The normalized spacial score (nSPS) is 20.2. The first kappa shape index (κ1) is 16.8. The van der Waals surface area contributed by atoms with Crippen LogP contribution in [-0.2, 0) is 0 Å². The summed E-state index contributed by atoms with van der Waals surface area (Å²) in [5.41, 5.74) is 0.475. The molecule has 2 aliphatic heterocycles. The molecule has 136 valence electrons. The highest BCUT2D eigenvalue weighted by Gasteiger charge is 2.29. The molecule has 4 heterocycles. The Morgan fingerprint density at radius 1 is 1.08 bits per heavy atom. The van der Waals surface area contributed by atoms with E-state index in [1.807, 2.05) is 18.2 Å². The molecule has 0 radical (unpaired) electrons. The highest BCUT2D eigenvalue weighted by molar-refractivity contribution is 5.92. The Morgan fingerprint density at radius 3 is 2.77 bits per heavy atom. The minimum absolute atomic E-state index is 0.0478. The molecule has 7 nitrogen and oxygen atoms in total. The highest BCUT2D eigenvalue weighted by Crippen LogP contribution is 2.23. The molecule has 2 aromatic heterocycles. The van der Waals surface area contributed by atoms with E-state index in [2.05, 4.69) is 19.9 Å². The lowest BCUT2D eigenvalue weighted by molar-refractivity contribution is 0.0765. The summed E-state index contributed by atoms with van der Waals surface area (Å²) in [7, 11) is 0. The Balaban J connectivity index is 1.37. The third-order valence-corrected chi connectivity index (χ3v) is 4.91. The highest BCUT2D eigenvalue weighted by atomic mass is 16.5. The van der Waals surface area contributed by atoms with Crippen LogP contribution in [0, 0.1) is 0 Å². The SMILES string of the molecule is O=C(c1ccccn1)N1CC[C@H](Oc2cc(N3CCCCC3)ncn2)C1. The number of anilines is 1. The van der Waals surface area contributed by atoms with Gasteiger partial charge < -0.3 is 14.5 Å². The predicted octanol–water partition coefficient (Wildman–Crippen LogP) is 2.16. The van der Waals surface area contributed by atoms with Gasteiger partial charge in [-0.15, -0.1) is 0 Å². The van der Waals surface area contributed by atoms with Crippen molar-refractivity contribution in [2.24, 2.45) is 0 Å². The zero-order valence-corrected chi connectivity index (χ0v) is 14.8. The van der Waals surface area contributed by atoms with Gasteiger partial charge in [0.05, 0.1) is 6.54 Å². The second-order valence-corrected chi connectivity index (χ2v) is 6.76. The number of carbonyl (C=O) groups excluding carboxylic acids is 1. The zero-order chi connectivity index (χ0) is 17.8. The molecule has 2 fully saturated rings. The molecule has 26 heavy (non-hydrogen) atoms. The number of ether oxygens (including phenoxy) is 1. The van der Waals surface area contributed by atoms with Crippen molar-refractivity contribution < 1.29 is 9.53 Å². The van der Waals surface area contributed by atoms with Gasteiger partial charge >= 0.3 is 0 Å². The van der Waals surface area contributed by atoms with Gasteiger partial charge in [0.25, 0.3) is 5.91 Å². The van der Waals surface area contributed by atoms with Crippen LogP contribution < -0.4 is 9.64 Å². The molecule has 0 bridgehead atoms. The van der Waals surface area contributed by atoms with Crippen molar-refractivity contribution in [2.45, 2.75) is 31.8 Å². The molecule has 0 spiro atoms. The Hall–Kier alpha value is -2.70. The Kier molecular flexibility index (Phi) is 4.95. The maximum Gasteiger partial charge on any atom is 0.272 e. The maximum absolute atomic E-state index is 12.5. The average Bonchev–Trinajstić information content (AvgIpc) is 3.17. The van der Waals surface area contributed by atoms with Crippen LogP contribution in [0.25, 0.3) is 0 Å². The first-order valence-corrected chi connectivity index (χ1v) is 9.23. The zero-order valence-electron chi connectivity index (χ0n) is 14.8. The van der Waals surface area contributed by atoms with Gasteiger partial charge in [0, 0.05) is 38.3 Å². The van der Waals surface area contributed by atoms with E-state index < -0.39 is 0 Å². The van der Waals surface area contributed by atoms with Crippen molar-refractivity contribution in [2.75, 3.05) is 31.1 Å². The molecule has 2 aromatic rings. The van der Waals surface area contributed by atoms with Gasteiger partial charge in [-0.05, 0) is 31.4 Å². The summed E-state index contributed by atoms with van der Waals surface area (Å²) in [5, 5.41) is 0. The van der Waals surface area contributed by atoms with Gasteiger partial charge in [-0.25, -0.2) is 9.97 Å². The number of hydrogen-bond donors (Lipinski definition) is 0. The third-order valence-electron chi connectivity index (χ3n) is 4.91. The summed E-state index contributed by atoms with van der Waals surface area (Å²) in [6.07, 6.45) is 7.63. The summed E-state index contributed by atoms with van der Waals surface area (Å²) < 4.78 is 6.03. The lowest BCUT2D eigenvalue weighted by Gasteiger charge is -2.27. The molecular weight excluding hydrogens is 330 g/mol. The van der Waals surface area contributed by atoms with E-state index in [4.69, 9.17) is 4.74 Å². The molecule has 1 atom stereocenters. The molecule has 7 heteroatoms. The fourth-order valence-electron chi connectivity index (χ4n) is 3.52. The second kappa shape index (κ2) is 7.68. The largest absolute Gasteiger partial charge is 0.472 e. The second-order valence-electron chi connectivity index (χ2n) is 6.76. The van der Waals surface area contributed by atoms with Crippen LogP contribution in [0.5, 0.6) is 5.88 Å². The fourth-order valence-corrected chi connectivity index (χ4v) is 3.52. The van der Waals surface area contributed by atoms with E-state index in [1.165, 1.54) is 19.3 Å². The van der Waals surface area contributed by atoms with Gasteiger partial charge in [0.15, 0.2) is 0 Å². The number of nitrogens with zero attached hydrogens (tertiary/aromatic N) is 5. The fraction of sp³-hybridized carbons (Fsp3) is 0.474. The van der Waals surface area contributed by atoms with Crippen molar-refractivity contribution in [3.8, 4) is 5.88 Å². The van der Waals surface area contributed by atoms with Crippen LogP contribution in [0.3, 0.4) is 0 Å². The average molecular weight is 353 g/mol. The van der Waals surface area contributed by atoms with Gasteiger partial charge in [-0.1, -0.05) is 6.07 Å². The van der Waals surface area contributed by atoms with E-state index >= 15 is 0 Å². The van der Waals surface area contributed by atoms with Gasteiger partial charge in [-0.3, -0.25) is 9.78 Å². The standard InChI is InChI=1S/C19H23N5O2/c25-19(16-6-2-3-8-20-16)24-11-7-15(13-24)26-18-12-17(21-14-22-18)23-9-4-1-5-10-23/h2-3,6,8,12,14-15H,1,4-5,7,9-11,13H2/t15-/m0/s1. The molecule has 0 unspecified atom stereocenters. The lowest BCUT2D eigenvalue weighted by Crippen LogP contribution is -2.32. The monoisotopic (exact) mass is 353 g/mol. The molecule has 4 rings (SSSR count). The lowest BCUT2D eigenvalue weighted by atomic mass is 10.1. The molecule has 0 aliphatic carbocycles. The van der Waals surface area contributed by atoms with Crippen molar-refractivity contribution in [3.63, 3.8) is 0 Å². The number of amides is 1. The van der Waals surface area contributed by atoms with E-state index in [9.17, 15) is 4.79 Å². The number of likely N-dealkylation sites (tertiary alicyclic amines) is 1. The van der Waals surface area contributed by atoms with E-state index in [1.54, 1.807) is 23.5 Å². The number of rotatable bonds is 4. The number of hydrogen-bond acceptors (Lipinski definition) is 6. The topological polar surface area (TPSA) is 71.5 Å². The minimum Gasteiger partial charge on any atom is -0.472 e. The summed E-state index contributed by atoms with van der Waals surface area (Å²) >= 11 is 0. The van der Waals surface area contributed by atoms with Crippen molar-refractivity contribution in [1.82, 2.24) is 19.9 Å². The summed E-state index contributed by atoms with van der Waals surface area (Å²) in [6.45, 7) is 3.29. The van der Waals surface area contributed by atoms with Crippen LogP contribution in [-0.4, -0.2) is 58.0 Å². The van der Waals surface area contributed by atoms with E-state index in [0.29, 0.717) is 24.7 Å². The van der Waals surface area contributed by atoms with Crippen molar-refractivity contribution >= 4 is 11.7 Å². The molecular formula is C19H23N5O2. The molecule has 2 saturated heterocycles. The minimum atomic E-state index is -0.0493. The van der Waals surface area contributed by atoms with Crippen LogP contribution in [0.15, 0.2) is 36.8 Å². The Bertz CT molecular complexity index is 749. The first-order valence-electron chi connectivity index (χ1n) is 9.23. The third kappa shape index (κ3) is 3.76. The molecule has 0 aromatic carbocycles. The number of carbonyl (C=O) groups is 1. The van der Waals surface area contributed by atoms with Gasteiger partial charge in [0.2, 0.25) is 5.88 Å². The van der Waals surface area contributed by atoms with Crippen LogP contribution in [0.4, 0.5) is 5.82 Å². The van der Waals surface area contributed by atoms with E-state index in [0.717, 1.165) is 25.3 Å². The number of piperidine rings is 1. The molecule has 0 N–H and O–H groups in total. The number of pyridine rings is 1. The predicted molar refractivity (Wildman–Crippen MR) is 97.3 cm³/mol. The summed E-state index contributed by atoms with van der Waals surface area (Å²) in [6, 6.07) is 7.29. The summed E-state index contributed by atoms with van der Waals surface area (Å²) in [4.78, 5) is 29.3. The van der Waals surface area contributed by atoms with Crippen LogP contribution >= 0.6 is 0 Å². The van der Waals surface area contributed by atoms with Gasteiger partial charge in [-0.2, -0.15) is 0 Å². The maximum atomic E-state index is 12.5. The van der Waals surface area contributed by atoms with E-state index in [-0.39, 0.29) is 12.0 Å². The summed E-state index contributed by atoms with van der Waals surface area (Å²) in [5.74, 6) is 1.46. The first-order chi connectivity index (χ1) is 12.8. The smallest absolute Gasteiger partial charge is 0.272 e. The molecule has 0 saturated carbocycles. The van der Waals surface area contributed by atoms with Crippen molar-refractivity contribution in [3.05, 3.63) is 42.5 Å².